The average molecular weight is 618 g/mol. The van der Waals surface area contributed by atoms with E-state index in [0.29, 0.717) is 62.1 Å². The number of aromatic nitrogens is 3. The van der Waals surface area contributed by atoms with Crippen molar-refractivity contribution in [2.45, 2.75) is 76.1 Å². The summed E-state index contributed by atoms with van der Waals surface area (Å²) in [5.41, 5.74) is 0.0492. The molecule has 2 aliphatic carbocycles. The number of nitrogens with zero attached hydrogens (tertiary/aromatic N) is 3. The average Bonchev–Trinajstić information content (AvgIpc) is 3.49. The van der Waals surface area contributed by atoms with Crippen molar-refractivity contribution in [2.24, 2.45) is 11.8 Å². The highest BCUT2D eigenvalue weighted by atomic mass is 32.1. The number of anilines is 2. The summed E-state index contributed by atoms with van der Waals surface area (Å²) in [5, 5.41) is 18.1. The maximum Gasteiger partial charge on any atom is 0.433 e. The van der Waals surface area contributed by atoms with E-state index in [1.807, 2.05) is 13.0 Å². The van der Waals surface area contributed by atoms with Crippen LogP contribution in [0.15, 0.2) is 36.7 Å². The molecule has 43 heavy (non-hydrogen) atoms. The maximum atomic E-state index is 13.1. The van der Waals surface area contributed by atoms with Crippen LogP contribution in [0.5, 0.6) is 0 Å². The molecule has 0 saturated heterocycles. The number of halogens is 3. The van der Waals surface area contributed by atoms with Gasteiger partial charge < -0.3 is 20.5 Å². The Morgan fingerprint density at radius 1 is 1.05 bits per heavy atom. The standard InChI is InChI=1S/C30H34F3N5O4S/c1-17-13-20(15-22(14-17)37-28-34-12-9-24(38-28)30(31,32)33)23-16-35-27(43-23)29(41)10-7-21(8-11-29)36-25(39)18-3-5-19(6-4-18)26(40)42-2/h9,12-16,18-19,21,41H,3-8,10-11H2,1-2H3,(H,36,39)(H,34,37,38)/t18?,19?,21-,29-. The maximum absolute atomic E-state index is 13.1. The van der Waals surface area contributed by atoms with Crippen LogP contribution in [0.3, 0.4) is 0 Å². The van der Waals surface area contributed by atoms with Crippen molar-refractivity contribution in [3.05, 3.63) is 52.9 Å². The van der Waals surface area contributed by atoms with Gasteiger partial charge >= 0.3 is 12.1 Å². The summed E-state index contributed by atoms with van der Waals surface area (Å²) in [7, 11) is 1.39. The molecule has 3 N–H and O–H groups in total. The van der Waals surface area contributed by atoms with E-state index in [1.54, 1.807) is 18.3 Å². The lowest BCUT2D eigenvalue weighted by atomic mass is 9.80. The van der Waals surface area contributed by atoms with E-state index >= 15 is 0 Å². The van der Waals surface area contributed by atoms with Crippen LogP contribution >= 0.6 is 11.3 Å². The molecule has 13 heteroatoms. The summed E-state index contributed by atoms with van der Waals surface area (Å²) < 4.78 is 44.0. The number of esters is 1. The van der Waals surface area contributed by atoms with Gasteiger partial charge in [-0.05, 0) is 87.6 Å². The molecule has 5 rings (SSSR count). The van der Waals surface area contributed by atoms with Crippen LogP contribution < -0.4 is 10.6 Å². The Kier molecular flexibility index (Phi) is 9.02. The third-order valence-electron chi connectivity index (χ3n) is 8.26. The summed E-state index contributed by atoms with van der Waals surface area (Å²) in [6, 6.07) is 6.28. The van der Waals surface area contributed by atoms with E-state index in [2.05, 4.69) is 25.6 Å². The second-order valence-corrected chi connectivity index (χ2v) is 12.4. The Morgan fingerprint density at radius 2 is 1.74 bits per heavy atom. The van der Waals surface area contributed by atoms with Gasteiger partial charge in [-0.3, -0.25) is 9.59 Å². The number of carbonyl (C=O) groups is 2. The molecule has 0 radical (unpaired) electrons. The summed E-state index contributed by atoms with van der Waals surface area (Å²) in [6.07, 6.45) is 2.93. The van der Waals surface area contributed by atoms with Crippen molar-refractivity contribution in [1.29, 1.82) is 0 Å². The van der Waals surface area contributed by atoms with Gasteiger partial charge in [0.15, 0.2) is 0 Å². The van der Waals surface area contributed by atoms with Gasteiger partial charge in [-0.15, -0.1) is 11.3 Å². The second kappa shape index (κ2) is 12.6. The largest absolute Gasteiger partial charge is 0.469 e. The first-order valence-corrected chi connectivity index (χ1v) is 15.1. The van der Waals surface area contributed by atoms with Crippen LogP contribution in [-0.2, 0) is 26.1 Å². The number of thiazole rings is 1. The molecule has 0 aliphatic heterocycles. The summed E-state index contributed by atoms with van der Waals surface area (Å²) in [6.45, 7) is 1.87. The normalized spacial score (nSPS) is 24.3. The third-order valence-corrected chi connectivity index (χ3v) is 9.50. The van der Waals surface area contributed by atoms with Gasteiger partial charge in [0.05, 0.1) is 17.9 Å². The third kappa shape index (κ3) is 7.32. The predicted octanol–water partition coefficient (Wildman–Crippen LogP) is 5.90. The molecule has 0 atom stereocenters. The zero-order valence-electron chi connectivity index (χ0n) is 23.9. The number of carbonyl (C=O) groups excluding carboxylic acids is 2. The van der Waals surface area contributed by atoms with Crippen molar-refractivity contribution in [1.82, 2.24) is 20.3 Å². The van der Waals surface area contributed by atoms with Gasteiger partial charge in [0, 0.05) is 30.0 Å². The van der Waals surface area contributed by atoms with Crippen molar-refractivity contribution < 1.29 is 32.6 Å². The monoisotopic (exact) mass is 617 g/mol. The van der Waals surface area contributed by atoms with E-state index in [0.717, 1.165) is 28.3 Å². The van der Waals surface area contributed by atoms with Crippen LogP contribution in [0, 0.1) is 18.8 Å². The molecule has 2 aromatic heterocycles. The number of hydrogen-bond donors (Lipinski definition) is 3. The number of alkyl halides is 3. The first-order chi connectivity index (χ1) is 20.4. The van der Waals surface area contributed by atoms with Crippen LogP contribution in [0.1, 0.15) is 67.6 Å². The van der Waals surface area contributed by atoms with Gasteiger partial charge in [0.1, 0.15) is 16.3 Å². The topological polar surface area (TPSA) is 126 Å². The highest BCUT2D eigenvalue weighted by Crippen LogP contribution is 2.42. The lowest BCUT2D eigenvalue weighted by Gasteiger charge is -2.36. The molecule has 2 fully saturated rings. The molecular formula is C30H34F3N5O4S. The van der Waals surface area contributed by atoms with Gasteiger partial charge in [-0.25, -0.2) is 15.0 Å². The Labute approximate surface area is 251 Å². The first kappa shape index (κ1) is 30.9. The van der Waals surface area contributed by atoms with Crippen molar-refractivity contribution in [3.8, 4) is 10.4 Å². The fraction of sp³-hybridized carbons (Fsp3) is 0.500. The molecule has 9 nitrogen and oxygen atoms in total. The number of ether oxygens (including phenoxy) is 1. The molecular weight excluding hydrogens is 583 g/mol. The SMILES string of the molecule is COC(=O)C1CCC(C(=O)N[C@H]2CC[C@@](O)(c3ncc(-c4cc(C)cc(Nc5nccc(C(F)(F)F)n5)c4)s3)CC2)CC1. The molecule has 2 heterocycles. The Balaban J connectivity index is 1.19. The van der Waals surface area contributed by atoms with Crippen molar-refractivity contribution >= 4 is 34.8 Å². The van der Waals surface area contributed by atoms with E-state index in [9.17, 15) is 27.9 Å². The lowest BCUT2D eigenvalue weighted by molar-refractivity contribution is -0.147. The highest BCUT2D eigenvalue weighted by Gasteiger charge is 2.39. The number of methoxy groups -OCH3 is 1. The molecule has 2 saturated carbocycles. The summed E-state index contributed by atoms with van der Waals surface area (Å²) >= 11 is 1.37. The molecule has 230 valence electrons. The minimum Gasteiger partial charge on any atom is -0.469 e. The molecule has 1 aromatic carbocycles. The fourth-order valence-corrected chi connectivity index (χ4v) is 6.91. The van der Waals surface area contributed by atoms with Crippen LogP contribution in [-0.4, -0.2) is 45.1 Å². The number of rotatable bonds is 7. The van der Waals surface area contributed by atoms with Crippen LogP contribution in [0.2, 0.25) is 0 Å². The molecule has 1 amide bonds. The highest BCUT2D eigenvalue weighted by molar-refractivity contribution is 7.15. The van der Waals surface area contributed by atoms with Gasteiger partial charge in [0.2, 0.25) is 11.9 Å². The number of amides is 1. The number of nitrogens with one attached hydrogen (secondary N) is 2. The number of aryl methyl sites for hydroxylation is 1. The minimum absolute atomic E-state index is 0.00897. The van der Waals surface area contributed by atoms with E-state index in [4.69, 9.17) is 4.74 Å². The predicted molar refractivity (Wildman–Crippen MR) is 154 cm³/mol. The lowest BCUT2D eigenvalue weighted by Crippen LogP contribution is -2.45. The zero-order chi connectivity index (χ0) is 30.8. The summed E-state index contributed by atoms with van der Waals surface area (Å²) in [5.74, 6) is -0.607. The van der Waals surface area contributed by atoms with E-state index < -0.39 is 17.5 Å². The van der Waals surface area contributed by atoms with Gasteiger partial charge in [-0.1, -0.05) is 6.07 Å². The minimum atomic E-state index is -4.58. The number of benzene rings is 1. The van der Waals surface area contributed by atoms with E-state index in [1.165, 1.54) is 18.4 Å². The smallest absolute Gasteiger partial charge is 0.433 e. The number of aliphatic hydroxyl groups is 1. The van der Waals surface area contributed by atoms with Crippen molar-refractivity contribution in [3.63, 3.8) is 0 Å². The Bertz CT molecular complexity index is 1460. The zero-order valence-corrected chi connectivity index (χ0v) is 24.7. The Morgan fingerprint density at radius 3 is 2.42 bits per heavy atom. The molecule has 3 aromatic rings. The molecule has 0 spiro atoms. The Hall–Kier alpha value is -3.58. The van der Waals surface area contributed by atoms with E-state index in [-0.39, 0.29) is 35.7 Å². The quantitative estimate of drug-likeness (QED) is 0.280. The second-order valence-electron chi connectivity index (χ2n) is 11.4. The summed E-state index contributed by atoms with van der Waals surface area (Å²) in [4.78, 5) is 37.5. The number of hydrogen-bond acceptors (Lipinski definition) is 9. The first-order valence-electron chi connectivity index (χ1n) is 14.3. The van der Waals surface area contributed by atoms with Gasteiger partial charge in [-0.2, -0.15) is 13.2 Å². The molecule has 2 aliphatic rings. The molecule has 0 bridgehead atoms. The molecule has 0 unspecified atom stereocenters. The fourth-order valence-electron chi connectivity index (χ4n) is 5.86. The van der Waals surface area contributed by atoms with Crippen LogP contribution in [0.25, 0.3) is 10.4 Å². The van der Waals surface area contributed by atoms with Crippen LogP contribution in [0.4, 0.5) is 24.8 Å². The van der Waals surface area contributed by atoms with Gasteiger partial charge in [0.25, 0.3) is 0 Å². The van der Waals surface area contributed by atoms with Crippen molar-refractivity contribution in [2.75, 3.05) is 12.4 Å².